The number of phenolic OH excluding ortho intramolecular Hbond substituents is 1. The van der Waals surface area contributed by atoms with Crippen LogP contribution in [0.3, 0.4) is 0 Å². The molecule has 1 aliphatic heterocycles. The maximum atomic E-state index is 12.9. The number of carbonyl (C=O) groups is 2. The highest BCUT2D eigenvalue weighted by Gasteiger charge is 2.17. The zero-order valence-electron chi connectivity index (χ0n) is 18.4. The summed E-state index contributed by atoms with van der Waals surface area (Å²) in [6, 6.07) is 16.8. The average Bonchev–Trinajstić information content (AvgIpc) is 3.34. The summed E-state index contributed by atoms with van der Waals surface area (Å²) >= 11 is 3.23. The van der Waals surface area contributed by atoms with E-state index in [0.717, 1.165) is 0 Å². The molecule has 0 bridgehead atoms. The highest BCUT2D eigenvalue weighted by Crippen LogP contribution is 2.35. The number of aromatic hydroxyl groups is 1. The zero-order valence-corrected chi connectivity index (χ0v) is 20.0. The maximum absolute atomic E-state index is 12.9. The number of halogens is 1. The van der Waals surface area contributed by atoms with Gasteiger partial charge in [0.2, 0.25) is 6.79 Å². The van der Waals surface area contributed by atoms with Crippen LogP contribution in [-0.4, -0.2) is 37.0 Å². The second-order valence-electron chi connectivity index (χ2n) is 7.24. The number of hydrogen-bond acceptors (Lipinski definition) is 7. The van der Waals surface area contributed by atoms with Crippen LogP contribution in [0.1, 0.15) is 21.5 Å². The lowest BCUT2D eigenvalue weighted by atomic mass is 10.1. The smallest absolute Gasteiger partial charge is 0.287 e. The van der Waals surface area contributed by atoms with Crippen LogP contribution in [0.15, 0.2) is 75.9 Å². The molecule has 0 radical (unpaired) electrons. The van der Waals surface area contributed by atoms with Crippen molar-refractivity contribution in [2.75, 3.05) is 13.9 Å². The summed E-state index contributed by atoms with van der Waals surface area (Å²) in [5.74, 6) is 0.230. The Bertz CT molecular complexity index is 1320. The van der Waals surface area contributed by atoms with Crippen molar-refractivity contribution in [1.29, 1.82) is 0 Å². The quantitative estimate of drug-likeness (QED) is 0.239. The van der Waals surface area contributed by atoms with Crippen molar-refractivity contribution < 1.29 is 28.9 Å². The van der Waals surface area contributed by atoms with Gasteiger partial charge in [-0.3, -0.25) is 9.59 Å². The third kappa shape index (κ3) is 5.79. The molecule has 178 valence electrons. The molecule has 0 unspecified atom stereocenters. The van der Waals surface area contributed by atoms with Gasteiger partial charge in [0.15, 0.2) is 23.0 Å². The van der Waals surface area contributed by atoms with Crippen molar-refractivity contribution in [3.8, 4) is 23.0 Å². The van der Waals surface area contributed by atoms with E-state index in [-0.39, 0.29) is 24.0 Å². The van der Waals surface area contributed by atoms with Crippen LogP contribution in [0, 0.1) is 0 Å². The summed E-state index contributed by atoms with van der Waals surface area (Å²) in [5, 5.41) is 16.5. The second-order valence-corrected chi connectivity index (χ2v) is 8.10. The van der Waals surface area contributed by atoms with Crippen molar-refractivity contribution in [2.45, 2.75) is 0 Å². The van der Waals surface area contributed by atoms with E-state index in [4.69, 9.17) is 14.2 Å². The minimum Gasteiger partial charge on any atom is -0.503 e. The molecule has 0 atom stereocenters. The third-order valence-electron chi connectivity index (χ3n) is 4.89. The number of rotatable bonds is 7. The van der Waals surface area contributed by atoms with Crippen LogP contribution in [0.25, 0.3) is 6.08 Å². The molecule has 0 spiro atoms. The molecule has 1 heterocycles. The maximum Gasteiger partial charge on any atom is 0.287 e. The number of phenols is 1. The highest BCUT2D eigenvalue weighted by atomic mass is 79.9. The first kappa shape index (κ1) is 23.8. The van der Waals surface area contributed by atoms with Crippen molar-refractivity contribution in [2.24, 2.45) is 5.10 Å². The Morgan fingerprint density at radius 1 is 1.06 bits per heavy atom. The molecular weight excluding hydrogens is 518 g/mol. The number of amides is 2. The van der Waals surface area contributed by atoms with Gasteiger partial charge in [-0.1, -0.05) is 24.3 Å². The minimum absolute atomic E-state index is 0.0284. The molecule has 9 nitrogen and oxygen atoms in total. The number of carbonyl (C=O) groups excluding carboxylic acids is 2. The Morgan fingerprint density at radius 3 is 2.60 bits per heavy atom. The Morgan fingerprint density at radius 2 is 1.83 bits per heavy atom. The summed E-state index contributed by atoms with van der Waals surface area (Å²) in [4.78, 5) is 25.7. The molecule has 3 aromatic rings. The van der Waals surface area contributed by atoms with Crippen LogP contribution >= 0.6 is 15.9 Å². The van der Waals surface area contributed by atoms with E-state index in [1.54, 1.807) is 60.7 Å². The van der Waals surface area contributed by atoms with Crippen LogP contribution in [0.4, 0.5) is 0 Å². The molecule has 3 aromatic carbocycles. The van der Waals surface area contributed by atoms with Gasteiger partial charge in [-0.2, -0.15) is 5.10 Å². The van der Waals surface area contributed by atoms with Crippen molar-refractivity contribution in [3.63, 3.8) is 0 Å². The minimum atomic E-state index is -0.645. The van der Waals surface area contributed by atoms with Crippen LogP contribution < -0.4 is 25.0 Å². The fraction of sp³-hybridized carbons (Fsp3) is 0.0800. The SMILES string of the molecule is COc1cc(/C=N/NC(=O)C(=Cc2ccc3c(c2)OCO3)NC(=O)c2ccccc2)cc(Br)c1O. The van der Waals surface area contributed by atoms with Gasteiger partial charge in [0.25, 0.3) is 11.8 Å². The van der Waals surface area contributed by atoms with E-state index in [1.165, 1.54) is 19.4 Å². The topological polar surface area (TPSA) is 118 Å². The number of benzene rings is 3. The van der Waals surface area contributed by atoms with Crippen LogP contribution in [0.5, 0.6) is 23.0 Å². The van der Waals surface area contributed by atoms with Crippen molar-refractivity contribution >= 4 is 40.0 Å². The molecule has 0 fully saturated rings. The first-order chi connectivity index (χ1) is 16.9. The number of hydrazone groups is 1. The number of methoxy groups -OCH3 is 1. The van der Waals surface area contributed by atoms with Gasteiger partial charge in [-0.15, -0.1) is 0 Å². The number of nitrogens with one attached hydrogen (secondary N) is 2. The van der Waals surface area contributed by atoms with Crippen molar-refractivity contribution in [1.82, 2.24) is 10.7 Å². The van der Waals surface area contributed by atoms with Gasteiger partial charge in [0.1, 0.15) is 5.70 Å². The average molecular weight is 538 g/mol. The summed E-state index contributed by atoms with van der Waals surface area (Å²) in [7, 11) is 1.42. The first-order valence-electron chi connectivity index (χ1n) is 10.3. The Labute approximate surface area is 209 Å². The molecule has 3 N–H and O–H groups in total. The molecule has 0 saturated carbocycles. The lowest BCUT2D eigenvalue weighted by Crippen LogP contribution is -2.32. The fourth-order valence-electron chi connectivity index (χ4n) is 3.16. The van der Waals surface area contributed by atoms with E-state index in [9.17, 15) is 14.7 Å². The Kier molecular flexibility index (Phi) is 7.32. The predicted octanol–water partition coefficient (Wildman–Crippen LogP) is 3.81. The van der Waals surface area contributed by atoms with Gasteiger partial charge < -0.3 is 24.6 Å². The van der Waals surface area contributed by atoms with E-state index in [2.05, 4.69) is 31.8 Å². The lowest BCUT2D eigenvalue weighted by Gasteiger charge is -2.10. The van der Waals surface area contributed by atoms with Crippen LogP contribution in [0.2, 0.25) is 0 Å². The van der Waals surface area contributed by atoms with Gasteiger partial charge in [-0.25, -0.2) is 5.43 Å². The summed E-state index contributed by atoms with van der Waals surface area (Å²) in [5.41, 5.74) is 3.94. The van der Waals surface area contributed by atoms with E-state index in [1.807, 2.05) is 0 Å². The zero-order chi connectivity index (χ0) is 24.8. The largest absolute Gasteiger partial charge is 0.503 e. The standard InChI is InChI=1S/C25H20BrN3O6/c1-33-22-12-16(9-18(26)23(22)30)13-27-29-25(32)19(28-24(31)17-5-3-2-4-6-17)10-15-7-8-20-21(11-15)35-14-34-20/h2-13,30H,14H2,1H3,(H,28,31)(H,29,32)/b19-10?,27-13+. The van der Waals surface area contributed by atoms with E-state index < -0.39 is 11.8 Å². The third-order valence-corrected chi connectivity index (χ3v) is 5.49. The van der Waals surface area contributed by atoms with Crippen LogP contribution in [-0.2, 0) is 4.79 Å². The monoisotopic (exact) mass is 537 g/mol. The first-order valence-corrected chi connectivity index (χ1v) is 11.1. The molecular formula is C25H20BrN3O6. The molecule has 0 aliphatic carbocycles. The lowest BCUT2D eigenvalue weighted by molar-refractivity contribution is -0.117. The summed E-state index contributed by atoms with van der Waals surface area (Å²) in [6.07, 6.45) is 2.88. The molecule has 0 aromatic heterocycles. The van der Waals surface area contributed by atoms with Crippen molar-refractivity contribution in [3.05, 3.63) is 87.5 Å². The molecule has 2 amide bonds. The number of hydrogen-bond donors (Lipinski definition) is 3. The number of fused-ring (bicyclic) bond motifs is 1. The molecule has 35 heavy (non-hydrogen) atoms. The predicted molar refractivity (Wildman–Crippen MR) is 133 cm³/mol. The van der Waals surface area contributed by atoms with E-state index >= 15 is 0 Å². The summed E-state index contributed by atoms with van der Waals surface area (Å²) < 4.78 is 16.2. The summed E-state index contributed by atoms with van der Waals surface area (Å²) in [6.45, 7) is 0.119. The fourth-order valence-corrected chi connectivity index (χ4v) is 3.62. The van der Waals surface area contributed by atoms with Gasteiger partial charge >= 0.3 is 0 Å². The highest BCUT2D eigenvalue weighted by molar-refractivity contribution is 9.10. The molecule has 0 saturated heterocycles. The Balaban J connectivity index is 1.56. The molecule has 4 rings (SSSR count). The number of ether oxygens (including phenoxy) is 3. The molecule has 10 heteroatoms. The molecule has 1 aliphatic rings. The number of nitrogens with zero attached hydrogens (tertiary/aromatic N) is 1. The normalized spacial score (nSPS) is 12.5. The second kappa shape index (κ2) is 10.7. The Hall–Kier alpha value is -4.31. The van der Waals surface area contributed by atoms with E-state index in [0.29, 0.717) is 32.7 Å². The van der Waals surface area contributed by atoms with Gasteiger partial charge in [0, 0.05) is 5.56 Å². The van der Waals surface area contributed by atoms with Gasteiger partial charge in [0.05, 0.1) is 17.8 Å². The van der Waals surface area contributed by atoms with Gasteiger partial charge in [-0.05, 0) is 69.5 Å².